The molecule has 1 aliphatic rings. The van der Waals surface area contributed by atoms with E-state index < -0.39 is 5.97 Å². The molecule has 1 atom stereocenters. The van der Waals surface area contributed by atoms with Crippen LogP contribution in [0.3, 0.4) is 0 Å². The predicted molar refractivity (Wildman–Crippen MR) is 122 cm³/mol. The van der Waals surface area contributed by atoms with E-state index in [1.807, 2.05) is 49.5 Å². The second-order valence-electron chi connectivity index (χ2n) is 8.68. The summed E-state index contributed by atoms with van der Waals surface area (Å²) in [5.74, 6) is -0.757. The van der Waals surface area contributed by atoms with Gasteiger partial charge in [-0.2, -0.15) is 5.26 Å². The summed E-state index contributed by atoms with van der Waals surface area (Å²) in [5.41, 5.74) is 3.21. The monoisotopic (exact) mass is 429 g/mol. The molecule has 1 aromatic heterocycles. The highest BCUT2D eigenvalue weighted by molar-refractivity contribution is 6.06. The maximum absolute atomic E-state index is 13.1. The number of nitrogens with one attached hydrogen (secondary N) is 1. The van der Waals surface area contributed by atoms with Crippen LogP contribution in [0.15, 0.2) is 54.7 Å². The zero-order valence-corrected chi connectivity index (χ0v) is 18.1. The quantitative estimate of drug-likeness (QED) is 0.548. The van der Waals surface area contributed by atoms with Crippen LogP contribution >= 0.6 is 0 Å². The third-order valence-electron chi connectivity index (χ3n) is 6.50. The standard InChI is InChI=1S/C26H27N3O3/c1-2-20(26(31)32)12-19-13-22(14-19)28-25(30)23-5-3-4-21-10-11-29(24(21)23)16-18-8-6-17(15-27)7-9-18/h3-11,19-20,22H,2,12-14,16H2,1H3,(H,28,30)(H,31,32)/t19?,20-,22?/m1/s1. The molecule has 1 amide bonds. The predicted octanol–water partition coefficient (Wildman–Crippen LogP) is 4.57. The number of nitriles is 1. The van der Waals surface area contributed by atoms with Gasteiger partial charge in [0.15, 0.2) is 0 Å². The summed E-state index contributed by atoms with van der Waals surface area (Å²) >= 11 is 0. The second-order valence-corrected chi connectivity index (χ2v) is 8.68. The minimum Gasteiger partial charge on any atom is -0.481 e. The Morgan fingerprint density at radius 2 is 1.94 bits per heavy atom. The summed E-state index contributed by atoms with van der Waals surface area (Å²) in [5, 5.41) is 22.4. The number of carboxylic acid groups (broad SMARTS) is 1. The van der Waals surface area contributed by atoms with Crippen LogP contribution in [-0.4, -0.2) is 27.6 Å². The number of nitrogens with zero attached hydrogens (tertiary/aromatic N) is 2. The SMILES string of the molecule is CC[C@H](CC1CC(NC(=O)c2cccc3ccn(Cc4ccc(C#N)cc4)c23)C1)C(=O)O. The average molecular weight is 430 g/mol. The van der Waals surface area contributed by atoms with Crippen molar-refractivity contribution < 1.29 is 14.7 Å². The molecule has 0 aliphatic heterocycles. The Bertz CT molecular complexity index is 1170. The molecule has 1 fully saturated rings. The van der Waals surface area contributed by atoms with Crippen LogP contribution in [0.4, 0.5) is 0 Å². The van der Waals surface area contributed by atoms with Gasteiger partial charge in [0.25, 0.3) is 5.91 Å². The largest absolute Gasteiger partial charge is 0.481 e. The van der Waals surface area contributed by atoms with E-state index in [4.69, 9.17) is 5.26 Å². The van der Waals surface area contributed by atoms with Gasteiger partial charge in [0, 0.05) is 24.2 Å². The van der Waals surface area contributed by atoms with Gasteiger partial charge in [-0.1, -0.05) is 31.2 Å². The van der Waals surface area contributed by atoms with Crippen molar-refractivity contribution in [2.45, 2.75) is 45.2 Å². The van der Waals surface area contributed by atoms with E-state index in [-0.39, 0.29) is 17.9 Å². The first kappa shape index (κ1) is 21.6. The van der Waals surface area contributed by atoms with Crippen molar-refractivity contribution in [3.05, 3.63) is 71.4 Å². The number of para-hydroxylation sites is 1. The lowest BCUT2D eigenvalue weighted by Gasteiger charge is -2.37. The fourth-order valence-corrected chi connectivity index (χ4v) is 4.61. The van der Waals surface area contributed by atoms with Crippen molar-refractivity contribution in [3.63, 3.8) is 0 Å². The molecule has 0 unspecified atom stereocenters. The summed E-state index contributed by atoms with van der Waals surface area (Å²) in [6.45, 7) is 2.52. The highest BCUT2D eigenvalue weighted by atomic mass is 16.4. The first-order valence-corrected chi connectivity index (χ1v) is 11.1. The molecule has 1 heterocycles. The van der Waals surface area contributed by atoms with E-state index in [1.54, 1.807) is 12.1 Å². The first-order chi connectivity index (χ1) is 15.5. The third kappa shape index (κ3) is 4.52. The average Bonchev–Trinajstić information content (AvgIpc) is 3.18. The Morgan fingerprint density at radius 1 is 1.19 bits per heavy atom. The van der Waals surface area contributed by atoms with Gasteiger partial charge in [-0.25, -0.2) is 0 Å². The Labute approximate surface area is 187 Å². The van der Waals surface area contributed by atoms with Crippen LogP contribution in [0.1, 0.15) is 54.1 Å². The van der Waals surface area contributed by atoms with Crippen molar-refractivity contribution in [2.24, 2.45) is 11.8 Å². The Balaban J connectivity index is 1.45. The van der Waals surface area contributed by atoms with E-state index in [0.29, 0.717) is 36.4 Å². The van der Waals surface area contributed by atoms with Gasteiger partial charge in [0.1, 0.15) is 0 Å². The highest BCUT2D eigenvalue weighted by Gasteiger charge is 2.33. The summed E-state index contributed by atoms with van der Waals surface area (Å²) in [6.07, 6.45) is 4.97. The van der Waals surface area contributed by atoms with Gasteiger partial charge in [0.05, 0.1) is 28.6 Å². The maximum Gasteiger partial charge on any atom is 0.306 e. The van der Waals surface area contributed by atoms with Crippen LogP contribution < -0.4 is 5.32 Å². The fourth-order valence-electron chi connectivity index (χ4n) is 4.61. The molecule has 0 saturated heterocycles. The van der Waals surface area contributed by atoms with Crippen molar-refractivity contribution in [1.82, 2.24) is 9.88 Å². The van der Waals surface area contributed by atoms with E-state index in [9.17, 15) is 14.7 Å². The number of hydrogen-bond acceptors (Lipinski definition) is 3. The van der Waals surface area contributed by atoms with Crippen LogP contribution in [-0.2, 0) is 11.3 Å². The van der Waals surface area contributed by atoms with Gasteiger partial charge in [-0.05, 0) is 61.4 Å². The summed E-state index contributed by atoms with van der Waals surface area (Å²) in [4.78, 5) is 24.3. The highest BCUT2D eigenvalue weighted by Crippen LogP contribution is 2.34. The lowest BCUT2D eigenvalue weighted by molar-refractivity contribution is -0.142. The number of aliphatic carboxylic acids is 1. The van der Waals surface area contributed by atoms with Crippen molar-refractivity contribution in [3.8, 4) is 6.07 Å². The lowest BCUT2D eigenvalue weighted by Crippen LogP contribution is -2.45. The molecule has 0 radical (unpaired) electrons. The first-order valence-electron chi connectivity index (χ1n) is 11.1. The van der Waals surface area contributed by atoms with Crippen LogP contribution in [0.2, 0.25) is 0 Å². The second kappa shape index (κ2) is 9.27. The number of carboxylic acids is 1. The van der Waals surface area contributed by atoms with Crippen molar-refractivity contribution in [1.29, 1.82) is 5.26 Å². The lowest BCUT2D eigenvalue weighted by atomic mass is 9.74. The molecule has 1 saturated carbocycles. The third-order valence-corrected chi connectivity index (χ3v) is 6.50. The molecule has 1 aliphatic carbocycles. The van der Waals surface area contributed by atoms with Gasteiger partial charge in [-0.3, -0.25) is 9.59 Å². The number of aromatic nitrogens is 1. The number of hydrogen-bond donors (Lipinski definition) is 2. The molecule has 32 heavy (non-hydrogen) atoms. The number of rotatable bonds is 8. The number of carbonyl (C=O) groups is 2. The van der Waals surface area contributed by atoms with E-state index in [1.165, 1.54) is 0 Å². The molecule has 6 heteroatoms. The molecule has 4 rings (SSSR count). The van der Waals surface area contributed by atoms with Crippen molar-refractivity contribution >= 4 is 22.8 Å². The number of amides is 1. The van der Waals surface area contributed by atoms with E-state index in [0.717, 1.165) is 29.3 Å². The van der Waals surface area contributed by atoms with Gasteiger partial charge in [0.2, 0.25) is 0 Å². The Kier molecular flexibility index (Phi) is 6.27. The molecule has 0 spiro atoms. The molecule has 2 aromatic carbocycles. The molecular formula is C26H27N3O3. The van der Waals surface area contributed by atoms with E-state index in [2.05, 4.69) is 16.0 Å². The molecule has 0 bridgehead atoms. The minimum absolute atomic E-state index is 0.0934. The summed E-state index contributed by atoms with van der Waals surface area (Å²) in [6, 6.07) is 17.4. The smallest absolute Gasteiger partial charge is 0.306 e. The molecular weight excluding hydrogens is 402 g/mol. The topological polar surface area (TPSA) is 95.1 Å². The number of carbonyl (C=O) groups excluding carboxylic acids is 1. The van der Waals surface area contributed by atoms with Gasteiger partial charge < -0.3 is 15.0 Å². The van der Waals surface area contributed by atoms with Crippen LogP contribution in [0, 0.1) is 23.2 Å². The number of benzene rings is 2. The van der Waals surface area contributed by atoms with Crippen LogP contribution in [0.25, 0.3) is 10.9 Å². The summed E-state index contributed by atoms with van der Waals surface area (Å²) in [7, 11) is 0. The fraction of sp³-hybridized carbons (Fsp3) is 0.346. The Morgan fingerprint density at radius 3 is 2.59 bits per heavy atom. The number of fused-ring (bicyclic) bond motifs is 1. The Hall–Kier alpha value is -3.59. The normalized spacial score (nSPS) is 18.5. The van der Waals surface area contributed by atoms with Crippen LogP contribution in [0.5, 0.6) is 0 Å². The van der Waals surface area contributed by atoms with Gasteiger partial charge in [-0.15, -0.1) is 0 Å². The zero-order chi connectivity index (χ0) is 22.7. The molecule has 6 nitrogen and oxygen atoms in total. The summed E-state index contributed by atoms with van der Waals surface area (Å²) < 4.78 is 2.06. The van der Waals surface area contributed by atoms with Crippen molar-refractivity contribution in [2.75, 3.05) is 0 Å². The zero-order valence-electron chi connectivity index (χ0n) is 18.1. The maximum atomic E-state index is 13.1. The minimum atomic E-state index is -0.727. The molecule has 164 valence electrons. The van der Waals surface area contributed by atoms with E-state index >= 15 is 0 Å². The van der Waals surface area contributed by atoms with Gasteiger partial charge >= 0.3 is 5.97 Å². The molecule has 3 aromatic rings. The molecule has 2 N–H and O–H groups in total.